The molecular formula is C17H25Br. The van der Waals surface area contributed by atoms with Crippen LogP contribution in [0.15, 0.2) is 18.2 Å². The van der Waals surface area contributed by atoms with Crippen molar-refractivity contribution in [3.05, 3.63) is 34.9 Å². The van der Waals surface area contributed by atoms with E-state index >= 15 is 0 Å². The molecule has 0 radical (unpaired) electrons. The standard InChI is InChI=1S/C17H25Br/c1-4-14-7-8-17(18)16(10-14)11-15-6-5-12(2)13(3)9-15/h5-6,9,14,16-17H,4,7-8,10-11H2,1-3H3. The van der Waals surface area contributed by atoms with Crippen molar-refractivity contribution in [1.82, 2.24) is 0 Å². The molecule has 1 aromatic rings. The number of aryl methyl sites for hydroxylation is 2. The summed E-state index contributed by atoms with van der Waals surface area (Å²) in [7, 11) is 0. The van der Waals surface area contributed by atoms with Crippen LogP contribution in [0.2, 0.25) is 0 Å². The smallest absolute Gasteiger partial charge is 0.0177 e. The summed E-state index contributed by atoms with van der Waals surface area (Å²) in [5, 5.41) is 0. The molecule has 0 heterocycles. The molecule has 1 heteroatoms. The molecule has 0 nitrogen and oxygen atoms in total. The highest BCUT2D eigenvalue weighted by atomic mass is 79.9. The fourth-order valence-electron chi connectivity index (χ4n) is 3.14. The zero-order valence-corrected chi connectivity index (χ0v) is 13.5. The van der Waals surface area contributed by atoms with Crippen LogP contribution in [-0.4, -0.2) is 4.83 Å². The van der Waals surface area contributed by atoms with Crippen LogP contribution in [0.3, 0.4) is 0 Å². The van der Waals surface area contributed by atoms with Crippen molar-refractivity contribution in [2.75, 3.05) is 0 Å². The summed E-state index contributed by atoms with van der Waals surface area (Å²) in [6.45, 7) is 6.76. The molecule has 18 heavy (non-hydrogen) atoms. The minimum absolute atomic E-state index is 0.724. The normalized spacial score (nSPS) is 28.3. The molecule has 0 spiro atoms. The van der Waals surface area contributed by atoms with Gasteiger partial charge in [0.15, 0.2) is 0 Å². The number of hydrogen-bond donors (Lipinski definition) is 0. The lowest BCUT2D eigenvalue weighted by molar-refractivity contribution is 0.271. The molecular weight excluding hydrogens is 284 g/mol. The van der Waals surface area contributed by atoms with Gasteiger partial charge in [0.05, 0.1) is 0 Å². The van der Waals surface area contributed by atoms with E-state index in [-0.39, 0.29) is 0 Å². The fraction of sp³-hybridized carbons (Fsp3) is 0.647. The summed E-state index contributed by atoms with van der Waals surface area (Å²) in [6, 6.07) is 6.97. The minimum atomic E-state index is 0.724. The highest BCUT2D eigenvalue weighted by molar-refractivity contribution is 9.09. The predicted octanol–water partition coefficient (Wildman–Crippen LogP) is 5.44. The van der Waals surface area contributed by atoms with E-state index in [1.165, 1.54) is 48.8 Å². The highest BCUT2D eigenvalue weighted by Gasteiger charge is 2.27. The van der Waals surface area contributed by atoms with E-state index < -0.39 is 0 Å². The van der Waals surface area contributed by atoms with Crippen LogP contribution in [0.4, 0.5) is 0 Å². The highest BCUT2D eigenvalue weighted by Crippen LogP contribution is 2.37. The number of benzene rings is 1. The lowest BCUT2D eigenvalue weighted by atomic mass is 9.77. The van der Waals surface area contributed by atoms with Crippen molar-refractivity contribution in [3.8, 4) is 0 Å². The lowest BCUT2D eigenvalue weighted by Gasteiger charge is -2.33. The van der Waals surface area contributed by atoms with Crippen molar-refractivity contribution in [2.24, 2.45) is 11.8 Å². The van der Waals surface area contributed by atoms with E-state index in [1.54, 1.807) is 0 Å². The van der Waals surface area contributed by atoms with E-state index in [0.717, 1.165) is 16.7 Å². The van der Waals surface area contributed by atoms with Gasteiger partial charge in [0.25, 0.3) is 0 Å². The SMILES string of the molecule is CCC1CCC(Br)C(Cc2ccc(C)c(C)c2)C1. The molecule has 0 aliphatic heterocycles. The predicted molar refractivity (Wildman–Crippen MR) is 83.5 cm³/mol. The van der Waals surface area contributed by atoms with Gasteiger partial charge in [-0.05, 0) is 68.1 Å². The van der Waals surface area contributed by atoms with Crippen LogP contribution in [0, 0.1) is 25.7 Å². The van der Waals surface area contributed by atoms with Crippen LogP contribution < -0.4 is 0 Å². The van der Waals surface area contributed by atoms with Gasteiger partial charge in [0, 0.05) is 4.83 Å². The summed E-state index contributed by atoms with van der Waals surface area (Å²) >= 11 is 3.90. The molecule has 1 aliphatic carbocycles. The number of hydrogen-bond acceptors (Lipinski definition) is 0. The third kappa shape index (κ3) is 3.38. The van der Waals surface area contributed by atoms with Crippen molar-refractivity contribution in [1.29, 1.82) is 0 Å². The second kappa shape index (κ2) is 6.23. The molecule has 3 atom stereocenters. The van der Waals surface area contributed by atoms with E-state index in [9.17, 15) is 0 Å². The Morgan fingerprint density at radius 2 is 1.94 bits per heavy atom. The van der Waals surface area contributed by atoms with Gasteiger partial charge in [0.2, 0.25) is 0 Å². The number of halogens is 1. The first-order chi connectivity index (χ1) is 8.60. The zero-order chi connectivity index (χ0) is 13.1. The van der Waals surface area contributed by atoms with E-state index in [2.05, 4.69) is 54.9 Å². The molecule has 1 aliphatic rings. The summed E-state index contributed by atoms with van der Waals surface area (Å²) in [5.74, 6) is 1.78. The van der Waals surface area contributed by atoms with Crippen molar-refractivity contribution >= 4 is 15.9 Å². The number of rotatable bonds is 3. The molecule has 0 aromatic heterocycles. The summed E-state index contributed by atoms with van der Waals surface area (Å²) < 4.78 is 0. The van der Waals surface area contributed by atoms with Crippen LogP contribution in [-0.2, 0) is 6.42 Å². The lowest BCUT2D eigenvalue weighted by Crippen LogP contribution is -2.26. The van der Waals surface area contributed by atoms with Crippen molar-refractivity contribution in [3.63, 3.8) is 0 Å². The molecule has 0 bridgehead atoms. The van der Waals surface area contributed by atoms with Gasteiger partial charge in [-0.3, -0.25) is 0 Å². The molecule has 100 valence electrons. The van der Waals surface area contributed by atoms with Gasteiger partial charge in [-0.25, -0.2) is 0 Å². The van der Waals surface area contributed by atoms with Gasteiger partial charge in [-0.15, -0.1) is 0 Å². The molecule has 2 rings (SSSR count). The minimum Gasteiger partial charge on any atom is -0.0888 e. The average molecular weight is 309 g/mol. The molecule has 1 fully saturated rings. The van der Waals surface area contributed by atoms with Crippen molar-refractivity contribution in [2.45, 2.75) is 57.7 Å². The van der Waals surface area contributed by atoms with Gasteiger partial charge in [-0.1, -0.05) is 47.5 Å². The van der Waals surface area contributed by atoms with Crippen molar-refractivity contribution < 1.29 is 0 Å². The molecule has 0 amide bonds. The van der Waals surface area contributed by atoms with Crippen LogP contribution in [0.5, 0.6) is 0 Å². The fourth-order valence-corrected chi connectivity index (χ4v) is 3.81. The second-order valence-electron chi connectivity index (χ2n) is 5.99. The quantitative estimate of drug-likeness (QED) is 0.653. The van der Waals surface area contributed by atoms with Gasteiger partial charge in [-0.2, -0.15) is 0 Å². The van der Waals surface area contributed by atoms with Crippen LogP contribution in [0.1, 0.15) is 49.3 Å². The monoisotopic (exact) mass is 308 g/mol. The maximum Gasteiger partial charge on any atom is 0.0177 e. The Morgan fingerprint density at radius 3 is 2.61 bits per heavy atom. The van der Waals surface area contributed by atoms with Crippen LogP contribution in [0.25, 0.3) is 0 Å². The molecule has 1 saturated carbocycles. The first-order valence-corrected chi connectivity index (χ1v) is 8.22. The van der Waals surface area contributed by atoms with Crippen LogP contribution >= 0.6 is 15.9 Å². The second-order valence-corrected chi connectivity index (χ2v) is 7.16. The average Bonchev–Trinajstić information content (AvgIpc) is 2.36. The van der Waals surface area contributed by atoms with Gasteiger partial charge in [0.1, 0.15) is 0 Å². The van der Waals surface area contributed by atoms with E-state index in [1.807, 2.05) is 0 Å². The Labute approximate surface area is 120 Å². The summed E-state index contributed by atoms with van der Waals surface area (Å²) in [6.07, 6.45) is 6.76. The third-order valence-electron chi connectivity index (χ3n) is 4.64. The largest absolute Gasteiger partial charge is 0.0888 e. The zero-order valence-electron chi connectivity index (χ0n) is 11.9. The Kier molecular flexibility index (Phi) is 4.89. The first-order valence-electron chi connectivity index (χ1n) is 7.30. The topological polar surface area (TPSA) is 0 Å². The third-order valence-corrected chi connectivity index (χ3v) is 5.85. The van der Waals surface area contributed by atoms with E-state index in [0.29, 0.717) is 0 Å². The maximum absolute atomic E-state index is 3.90. The van der Waals surface area contributed by atoms with Gasteiger partial charge >= 0.3 is 0 Å². The maximum atomic E-state index is 3.90. The Hall–Kier alpha value is -0.300. The van der Waals surface area contributed by atoms with Gasteiger partial charge < -0.3 is 0 Å². The summed E-state index contributed by atoms with van der Waals surface area (Å²) in [5.41, 5.74) is 4.36. The Bertz CT molecular complexity index is 397. The molecule has 3 unspecified atom stereocenters. The summed E-state index contributed by atoms with van der Waals surface area (Å²) in [4.78, 5) is 0.724. The Morgan fingerprint density at radius 1 is 1.17 bits per heavy atom. The molecule has 0 saturated heterocycles. The number of alkyl halides is 1. The van der Waals surface area contributed by atoms with E-state index in [4.69, 9.17) is 0 Å². The molecule has 1 aromatic carbocycles. The molecule has 0 N–H and O–H groups in total. The Balaban J connectivity index is 2.04. The first kappa shape index (κ1) is 14.1.